The molecule has 0 radical (unpaired) electrons. The molecule has 0 aliphatic heterocycles. The van der Waals surface area contributed by atoms with Gasteiger partial charge in [0.15, 0.2) is 11.2 Å². The highest BCUT2D eigenvalue weighted by molar-refractivity contribution is 6.28. The van der Waals surface area contributed by atoms with Crippen molar-refractivity contribution in [2.45, 2.75) is 114 Å². The Bertz CT molecular complexity index is 2020. The predicted molar refractivity (Wildman–Crippen MR) is 254 cm³/mol. The van der Waals surface area contributed by atoms with Crippen LogP contribution in [0.25, 0.3) is 22.2 Å². The molecule has 0 saturated carbocycles. The molecule has 1 N–H and O–H groups in total. The van der Waals surface area contributed by atoms with E-state index in [1.54, 1.807) is 0 Å². The number of oxazole rings is 2. The zero-order valence-electron chi connectivity index (χ0n) is 35.5. The molecule has 9 nitrogen and oxygen atoms in total. The number of unbranched alkanes of at least 4 members (excludes halogenated alkanes) is 2. The second-order valence-electron chi connectivity index (χ2n) is 14.5. The molecule has 324 valence electrons. The summed E-state index contributed by atoms with van der Waals surface area (Å²) in [6, 6.07) is 37.2. The maximum atomic E-state index is 8.88. The summed E-state index contributed by atoms with van der Waals surface area (Å²) in [7, 11) is 0. The quantitative estimate of drug-likeness (QED) is 0.0951. The number of hydrogen-bond acceptors (Lipinski definition) is 9. The highest BCUT2D eigenvalue weighted by atomic mass is 35.5. The summed E-state index contributed by atoms with van der Waals surface area (Å²) in [5, 5.41) is 21.1. The average Bonchev–Trinajstić information content (AvgIpc) is 3.85. The van der Waals surface area contributed by atoms with E-state index in [1.165, 1.54) is 24.0 Å². The lowest BCUT2D eigenvalue weighted by molar-refractivity contribution is 0.185. The lowest BCUT2D eigenvalue weighted by atomic mass is 10.1. The van der Waals surface area contributed by atoms with Crippen molar-refractivity contribution in [2.24, 2.45) is 0 Å². The third-order valence-electron chi connectivity index (χ3n) is 9.43. The van der Waals surface area contributed by atoms with E-state index in [0.29, 0.717) is 23.7 Å². The van der Waals surface area contributed by atoms with Crippen LogP contribution in [0, 0.1) is 22.7 Å². The molecule has 6 rings (SSSR count). The molecular formula is C50H70ClN7O2. The van der Waals surface area contributed by atoms with E-state index in [4.69, 9.17) is 31.0 Å². The van der Waals surface area contributed by atoms with Gasteiger partial charge < -0.3 is 19.1 Å². The van der Waals surface area contributed by atoms with Crippen molar-refractivity contribution < 1.29 is 8.83 Å². The van der Waals surface area contributed by atoms with Crippen molar-refractivity contribution >= 4 is 39.8 Å². The fourth-order valence-electron chi connectivity index (χ4n) is 6.23. The number of nitrogens with one attached hydrogen (secondary N) is 1. The minimum absolute atomic E-state index is 0. The summed E-state index contributed by atoms with van der Waals surface area (Å²) >= 11 is 5.51. The molecule has 0 atom stereocenters. The molecular weight excluding hydrogens is 766 g/mol. The van der Waals surface area contributed by atoms with Crippen molar-refractivity contribution in [1.29, 1.82) is 10.5 Å². The van der Waals surface area contributed by atoms with Crippen molar-refractivity contribution in [2.75, 3.05) is 37.6 Å². The first-order valence-electron chi connectivity index (χ1n) is 20.7. The molecule has 0 fully saturated rings. The number of hydrogen-bond donors (Lipinski definition) is 1. The predicted octanol–water partition coefficient (Wildman–Crippen LogP) is 12.9. The van der Waals surface area contributed by atoms with E-state index in [0.717, 1.165) is 86.2 Å². The minimum atomic E-state index is 0. The van der Waals surface area contributed by atoms with Crippen LogP contribution >= 0.6 is 11.6 Å². The number of anilines is 1. The summed E-state index contributed by atoms with van der Waals surface area (Å²) in [6.07, 6.45) is 6.65. The van der Waals surface area contributed by atoms with Crippen LogP contribution in [-0.4, -0.2) is 59.7 Å². The summed E-state index contributed by atoms with van der Waals surface area (Å²) in [5.74, 6) is 0. The normalized spacial score (nSPS) is 10.3. The molecule has 6 aromatic rings. The molecule has 4 aromatic carbocycles. The third-order valence-corrected chi connectivity index (χ3v) is 9.59. The van der Waals surface area contributed by atoms with Gasteiger partial charge in [0.2, 0.25) is 0 Å². The maximum absolute atomic E-state index is 8.88. The maximum Gasteiger partial charge on any atom is 0.298 e. The van der Waals surface area contributed by atoms with E-state index < -0.39 is 0 Å². The summed E-state index contributed by atoms with van der Waals surface area (Å²) in [6.45, 7) is 20.6. The average molecular weight is 837 g/mol. The molecule has 0 saturated heterocycles. The molecule has 0 aliphatic rings. The Balaban J connectivity index is 0.000000430. The van der Waals surface area contributed by atoms with Crippen LogP contribution in [-0.2, 0) is 12.8 Å². The van der Waals surface area contributed by atoms with Crippen LogP contribution in [0.3, 0.4) is 0 Å². The summed E-state index contributed by atoms with van der Waals surface area (Å²) in [4.78, 5) is 13.2. The zero-order chi connectivity index (χ0) is 42.1. The number of benzene rings is 4. The number of nitrogens with zero attached hydrogens (tertiary/aromatic N) is 6. The topological polar surface area (TPSA) is 118 Å². The lowest BCUT2D eigenvalue weighted by Gasteiger charge is -2.28. The number of para-hydroxylation sites is 4. The van der Waals surface area contributed by atoms with E-state index in [2.05, 4.69) is 85.7 Å². The van der Waals surface area contributed by atoms with Gasteiger partial charge in [-0.25, -0.2) is 0 Å². The van der Waals surface area contributed by atoms with E-state index >= 15 is 0 Å². The van der Waals surface area contributed by atoms with Crippen molar-refractivity contribution in [3.63, 3.8) is 0 Å². The number of halogens is 1. The molecule has 60 heavy (non-hydrogen) atoms. The number of aromatic nitrogens is 2. The number of fused-ring (bicyclic) bond motifs is 2. The lowest BCUT2D eigenvalue weighted by Crippen LogP contribution is -2.36. The fraction of sp³-hybridized carbons (Fsp3) is 0.440. The Morgan fingerprint density at radius 3 is 1.58 bits per heavy atom. The Morgan fingerprint density at radius 1 is 0.633 bits per heavy atom. The Hall–Kier alpha value is -5.19. The first-order valence-corrected chi connectivity index (χ1v) is 21.1. The van der Waals surface area contributed by atoms with Crippen LogP contribution in [0.15, 0.2) is 106 Å². The number of rotatable bonds is 16. The van der Waals surface area contributed by atoms with Crippen LogP contribution in [0.2, 0.25) is 5.35 Å². The zero-order valence-corrected chi connectivity index (χ0v) is 36.3. The molecule has 10 heteroatoms. The van der Waals surface area contributed by atoms with E-state index in [-0.39, 0.29) is 20.2 Å². The summed E-state index contributed by atoms with van der Waals surface area (Å²) in [5.41, 5.74) is 7.18. The highest BCUT2D eigenvalue weighted by Crippen LogP contribution is 2.22. The van der Waals surface area contributed by atoms with E-state index in [1.807, 2.05) is 97.1 Å². The molecule has 0 amide bonds. The Morgan fingerprint density at radius 2 is 1.13 bits per heavy atom. The second-order valence-corrected chi connectivity index (χ2v) is 14.8. The Kier molecular flexibility index (Phi) is 26.4. The molecule has 0 spiro atoms. The largest absolute Gasteiger partial charge is 0.428 e. The van der Waals surface area contributed by atoms with Gasteiger partial charge in [-0.1, -0.05) is 97.0 Å². The van der Waals surface area contributed by atoms with Crippen molar-refractivity contribution in [3.05, 3.63) is 125 Å². The SMILES string of the molecule is C.C.CCCCN(CCc1ccc(C#N)cc1)c1nc2ccccc2o1.CCCCNCCc1ccc(C#N)cc1.CCN(C(C)C)C(C)C.Clc1nc2ccccc2o1. The van der Waals surface area contributed by atoms with E-state index in [9.17, 15) is 0 Å². The van der Waals surface area contributed by atoms with Gasteiger partial charge in [0.1, 0.15) is 11.0 Å². The second kappa shape index (κ2) is 29.9. The molecule has 2 heterocycles. The summed E-state index contributed by atoms with van der Waals surface area (Å²) < 4.78 is 10.9. The fourth-order valence-corrected chi connectivity index (χ4v) is 6.41. The van der Waals surface area contributed by atoms with Crippen molar-refractivity contribution in [3.8, 4) is 12.1 Å². The molecule has 0 bridgehead atoms. The molecule has 2 aromatic heterocycles. The third kappa shape index (κ3) is 18.8. The Labute approximate surface area is 366 Å². The van der Waals surface area contributed by atoms with Gasteiger partial charge in [-0.2, -0.15) is 20.5 Å². The highest BCUT2D eigenvalue weighted by Gasteiger charge is 2.14. The van der Waals surface area contributed by atoms with Crippen LogP contribution in [0.5, 0.6) is 0 Å². The first kappa shape index (κ1) is 52.8. The van der Waals surface area contributed by atoms with Gasteiger partial charge in [-0.15, -0.1) is 0 Å². The van der Waals surface area contributed by atoms with Gasteiger partial charge in [0, 0.05) is 25.2 Å². The van der Waals surface area contributed by atoms with Gasteiger partial charge in [0.25, 0.3) is 11.4 Å². The molecule has 0 aliphatic carbocycles. The first-order chi connectivity index (χ1) is 28.1. The van der Waals surface area contributed by atoms with Gasteiger partial charge in [-0.3, -0.25) is 4.90 Å². The smallest absolute Gasteiger partial charge is 0.298 e. The van der Waals surface area contributed by atoms with Gasteiger partial charge >= 0.3 is 0 Å². The monoisotopic (exact) mass is 836 g/mol. The van der Waals surface area contributed by atoms with Crippen molar-refractivity contribution in [1.82, 2.24) is 20.2 Å². The van der Waals surface area contributed by atoms with Crippen LogP contribution in [0.1, 0.15) is 111 Å². The van der Waals surface area contributed by atoms with Crippen LogP contribution in [0.4, 0.5) is 6.01 Å². The standard InChI is InChI=1S/C20H21N3O.C13H18N2.C8H19N.C7H4ClNO.2CH4/c1-2-3-13-23(14-12-16-8-10-17(15-21)11-9-16)20-22-18-6-4-5-7-19(18)24-20;1-2-3-9-15-10-8-12-4-6-13(11-14)7-5-12;1-6-9(7(2)3)8(4)5;8-7-9-5-3-1-2-4-6(5)10-7;;/h4-11H,2-3,12-14H2,1H3;4-7,15H,2-3,8-10H2,1H3;7-8H,6H2,1-5H3;1-4H;2*1H4. The van der Waals surface area contributed by atoms with Gasteiger partial charge in [-0.05, 0) is 144 Å². The van der Waals surface area contributed by atoms with Gasteiger partial charge in [0.05, 0.1) is 23.3 Å². The number of nitriles is 2. The molecule has 0 unspecified atom stereocenters. The minimum Gasteiger partial charge on any atom is -0.428 e. The van der Waals surface area contributed by atoms with Crippen LogP contribution < -0.4 is 10.2 Å².